The van der Waals surface area contributed by atoms with Gasteiger partial charge in [-0.25, -0.2) is 8.42 Å². The van der Waals surface area contributed by atoms with E-state index in [1.807, 2.05) is 27.7 Å². The van der Waals surface area contributed by atoms with E-state index in [1.54, 1.807) is 0 Å². The molecule has 1 N–H and O–H groups in total. The summed E-state index contributed by atoms with van der Waals surface area (Å²) in [6, 6.07) is -0.158. The molecule has 0 aromatic heterocycles. The van der Waals surface area contributed by atoms with Gasteiger partial charge < -0.3 is 10.1 Å². The molecule has 5 nitrogen and oxygen atoms in total. The molecular weight excluding hydrogens is 266 g/mol. The minimum atomic E-state index is -3.35. The van der Waals surface area contributed by atoms with E-state index >= 15 is 0 Å². The lowest BCUT2D eigenvalue weighted by molar-refractivity contribution is -0.124. The third-order valence-electron chi connectivity index (χ3n) is 4.21. The minimum Gasteiger partial charge on any atom is -0.367 e. The summed E-state index contributed by atoms with van der Waals surface area (Å²) >= 11 is 0. The van der Waals surface area contributed by atoms with Crippen LogP contribution in [0.3, 0.4) is 0 Å². The molecule has 0 aromatic carbocycles. The molecule has 2 aliphatic rings. The first kappa shape index (κ1) is 14.8. The van der Waals surface area contributed by atoms with Gasteiger partial charge in [0.15, 0.2) is 14.6 Å². The Kier molecular flexibility index (Phi) is 3.07. The van der Waals surface area contributed by atoms with Gasteiger partial charge in [0.25, 0.3) is 0 Å². The van der Waals surface area contributed by atoms with Crippen molar-refractivity contribution in [3.05, 3.63) is 0 Å². The molecule has 2 rings (SSSR count). The lowest BCUT2D eigenvalue weighted by atomic mass is 9.94. The molecular formula is C13H23NO4S. The molecule has 0 bridgehead atoms. The Bertz CT molecular complexity index is 503. The predicted molar refractivity (Wildman–Crippen MR) is 72.6 cm³/mol. The summed E-state index contributed by atoms with van der Waals surface area (Å²) in [6.45, 7) is 7.80. The summed E-state index contributed by atoms with van der Waals surface area (Å²) in [5.41, 5.74) is -0.782. The molecule has 6 heteroatoms. The summed E-state index contributed by atoms with van der Waals surface area (Å²) < 4.78 is 28.2. The average Bonchev–Trinajstić information content (AvgIpc) is 2.89. The van der Waals surface area contributed by atoms with Crippen molar-refractivity contribution >= 4 is 15.7 Å². The van der Waals surface area contributed by atoms with Crippen LogP contribution in [0.2, 0.25) is 0 Å². The van der Waals surface area contributed by atoms with Gasteiger partial charge in [0, 0.05) is 6.26 Å². The molecule has 2 fully saturated rings. The van der Waals surface area contributed by atoms with Gasteiger partial charge in [-0.05, 0) is 47.0 Å². The SMILES string of the molecule is CC1(C)CC(NC(=O)C2(S(C)(=O)=O)CC2)C(C)(C)O1. The van der Waals surface area contributed by atoms with Crippen molar-refractivity contribution in [3.8, 4) is 0 Å². The summed E-state index contributed by atoms with van der Waals surface area (Å²) in [6.07, 6.45) is 2.68. The van der Waals surface area contributed by atoms with E-state index in [4.69, 9.17) is 4.74 Å². The number of rotatable bonds is 3. The van der Waals surface area contributed by atoms with Crippen LogP contribution in [0.4, 0.5) is 0 Å². The molecule has 1 saturated heterocycles. The van der Waals surface area contributed by atoms with Crippen LogP contribution in [-0.2, 0) is 19.4 Å². The lowest BCUT2D eigenvalue weighted by Gasteiger charge is -2.28. The fourth-order valence-corrected chi connectivity index (χ4v) is 4.20. The van der Waals surface area contributed by atoms with E-state index in [9.17, 15) is 13.2 Å². The van der Waals surface area contributed by atoms with Crippen molar-refractivity contribution in [2.75, 3.05) is 6.26 Å². The van der Waals surface area contributed by atoms with E-state index in [1.165, 1.54) is 0 Å². The number of amides is 1. The standard InChI is InChI=1S/C13H23NO4S/c1-11(2)8-9(12(3,4)18-11)14-10(15)13(6-7-13)19(5,16)17/h9H,6-8H2,1-5H3,(H,14,15). The van der Waals surface area contributed by atoms with Crippen LogP contribution in [0.5, 0.6) is 0 Å². The number of carbonyl (C=O) groups excluding carboxylic acids is 1. The Balaban J connectivity index is 2.13. The van der Waals surface area contributed by atoms with Gasteiger partial charge in [0.2, 0.25) is 5.91 Å². The Morgan fingerprint density at radius 2 is 1.74 bits per heavy atom. The second-order valence-corrected chi connectivity index (χ2v) is 9.29. The highest BCUT2D eigenvalue weighted by Crippen LogP contribution is 2.44. The van der Waals surface area contributed by atoms with E-state index < -0.39 is 20.2 Å². The van der Waals surface area contributed by atoms with E-state index in [0.717, 1.165) is 6.26 Å². The van der Waals surface area contributed by atoms with Gasteiger partial charge in [-0.3, -0.25) is 4.79 Å². The maximum Gasteiger partial charge on any atom is 0.241 e. The van der Waals surface area contributed by atoms with Crippen LogP contribution in [0.15, 0.2) is 0 Å². The molecule has 0 spiro atoms. The van der Waals surface area contributed by atoms with Crippen LogP contribution >= 0.6 is 0 Å². The Morgan fingerprint density at radius 3 is 2.05 bits per heavy atom. The third kappa shape index (κ3) is 2.52. The fraction of sp³-hybridized carbons (Fsp3) is 0.923. The van der Waals surface area contributed by atoms with Crippen LogP contribution in [-0.4, -0.2) is 42.6 Å². The second kappa shape index (κ2) is 3.95. The molecule has 0 aromatic rings. The van der Waals surface area contributed by atoms with Crippen LogP contribution in [0.1, 0.15) is 47.0 Å². The molecule has 1 atom stereocenters. The second-order valence-electron chi connectivity index (χ2n) is 6.96. The van der Waals surface area contributed by atoms with Gasteiger partial charge >= 0.3 is 0 Å². The van der Waals surface area contributed by atoms with Crippen molar-refractivity contribution in [2.45, 2.75) is 68.9 Å². The van der Waals surface area contributed by atoms with Crippen LogP contribution in [0, 0.1) is 0 Å². The zero-order chi connectivity index (χ0) is 14.7. The normalized spacial score (nSPS) is 30.9. The van der Waals surface area contributed by atoms with Gasteiger partial charge in [-0.15, -0.1) is 0 Å². The first-order valence-corrected chi connectivity index (χ1v) is 8.50. The van der Waals surface area contributed by atoms with E-state index in [0.29, 0.717) is 19.3 Å². The predicted octanol–water partition coefficient (Wildman–Crippen LogP) is 1.03. The highest BCUT2D eigenvalue weighted by Gasteiger charge is 2.60. The monoisotopic (exact) mass is 289 g/mol. The fourth-order valence-electron chi connectivity index (χ4n) is 2.96. The maximum absolute atomic E-state index is 12.3. The number of ether oxygens (including phenoxy) is 1. The number of hydrogen-bond acceptors (Lipinski definition) is 4. The minimum absolute atomic E-state index is 0.158. The highest BCUT2D eigenvalue weighted by atomic mass is 32.2. The van der Waals surface area contributed by atoms with Crippen LogP contribution < -0.4 is 5.32 Å². The largest absolute Gasteiger partial charge is 0.367 e. The number of sulfone groups is 1. The number of hydrogen-bond donors (Lipinski definition) is 1. The summed E-state index contributed by atoms with van der Waals surface area (Å²) in [4.78, 5) is 12.3. The molecule has 1 aliphatic carbocycles. The number of nitrogens with one attached hydrogen (secondary N) is 1. The van der Waals surface area contributed by atoms with Crippen molar-refractivity contribution < 1.29 is 17.9 Å². The first-order valence-electron chi connectivity index (χ1n) is 6.60. The van der Waals surface area contributed by atoms with Crippen molar-refractivity contribution in [3.63, 3.8) is 0 Å². The molecule has 1 saturated carbocycles. The van der Waals surface area contributed by atoms with Gasteiger partial charge in [-0.1, -0.05) is 0 Å². The quantitative estimate of drug-likeness (QED) is 0.842. The zero-order valence-electron chi connectivity index (χ0n) is 12.2. The summed E-state index contributed by atoms with van der Waals surface area (Å²) in [7, 11) is -3.35. The van der Waals surface area contributed by atoms with Gasteiger partial charge in [0.05, 0.1) is 17.2 Å². The summed E-state index contributed by atoms with van der Waals surface area (Å²) in [5, 5.41) is 2.89. The van der Waals surface area contributed by atoms with Crippen molar-refractivity contribution in [1.82, 2.24) is 5.32 Å². The summed E-state index contributed by atoms with van der Waals surface area (Å²) in [5.74, 6) is -0.366. The first-order chi connectivity index (χ1) is 8.40. The average molecular weight is 289 g/mol. The van der Waals surface area contributed by atoms with Gasteiger partial charge in [0.1, 0.15) is 0 Å². The molecule has 19 heavy (non-hydrogen) atoms. The van der Waals surface area contributed by atoms with Gasteiger partial charge in [-0.2, -0.15) is 0 Å². The Morgan fingerprint density at radius 1 is 1.21 bits per heavy atom. The lowest BCUT2D eigenvalue weighted by Crippen LogP contribution is -2.51. The van der Waals surface area contributed by atoms with Crippen molar-refractivity contribution in [2.24, 2.45) is 0 Å². The third-order valence-corrected chi connectivity index (χ3v) is 6.22. The van der Waals surface area contributed by atoms with Crippen molar-refractivity contribution in [1.29, 1.82) is 0 Å². The molecule has 1 aliphatic heterocycles. The molecule has 0 radical (unpaired) electrons. The Hall–Kier alpha value is -0.620. The highest BCUT2D eigenvalue weighted by molar-refractivity contribution is 7.93. The zero-order valence-corrected chi connectivity index (χ0v) is 13.1. The molecule has 1 unspecified atom stereocenters. The van der Waals surface area contributed by atoms with Crippen LogP contribution in [0.25, 0.3) is 0 Å². The van der Waals surface area contributed by atoms with E-state index in [2.05, 4.69) is 5.32 Å². The Labute approximate surface area is 115 Å². The topological polar surface area (TPSA) is 72.5 Å². The molecule has 1 heterocycles. The maximum atomic E-state index is 12.3. The number of carbonyl (C=O) groups is 1. The molecule has 1 amide bonds. The smallest absolute Gasteiger partial charge is 0.241 e. The van der Waals surface area contributed by atoms with E-state index in [-0.39, 0.29) is 17.6 Å². The molecule has 110 valence electrons.